The van der Waals surface area contributed by atoms with Crippen molar-refractivity contribution < 1.29 is 31.1 Å². The summed E-state index contributed by atoms with van der Waals surface area (Å²) < 4.78 is 67.2. The van der Waals surface area contributed by atoms with Gasteiger partial charge in [0.25, 0.3) is 5.91 Å². The van der Waals surface area contributed by atoms with Crippen molar-refractivity contribution in [3.8, 4) is 5.75 Å². The molecule has 3 N–H and O–H groups in total. The fourth-order valence-electron chi connectivity index (χ4n) is 2.29. The van der Waals surface area contributed by atoms with Gasteiger partial charge in [0.05, 0.1) is 16.3 Å². The lowest BCUT2D eigenvalue weighted by Crippen LogP contribution is -2.45. The third-order valence-electron chi connectivity index (χ3n) is 3.32. The fraction of sp³-hybridized carbons (Fsp3) is 0.429. The van der Waals surface area contributed by atoms with E-state index in [0.717, 1.165) is 12.1 Å². The number of guanidine groups is 1. The number of sulfone groups is 1. The van der Waals surface area contributed by atoms with Crippen molar-refractivity contribution in [2.75, 3.05) is 12.8 Å². The number of amides is 1. The van der Waals surface area contributed by atoms with E-state index in [4.69, 9.17) is 11.6 Å². The Morgan fingerprint density at radius 3 is 2.54 bits per heavy atom. The number of hydrazine groups is 2. The van der Waals surface area contributed by atoms with E-state index in [0.29, 0.717) is 0 Å². The lowest BCUT2D eigenvalue weighted by Gasteiger charge is -2.18. The van der Waals surface area contributed by atoms with Crippen molar-refractivity contribution in [3.05, 3.63) is 22.7 Å². The van der Waals surface area contributed by atoms with E-state index in [1.165, 1.54) is 12.1 Å². The molecule has 1 heterocycles. The van der Waals surface area contributed by atoms with Crippen LogP contribution in [0.4, 0.5) is 13.2 Å². The molecule has 9 nitrogen and oxygen atoms in total. The van der Waals surface area contributed by atoms with Crippen LogP contribution in [0.3, 0.4) is 0 Å². The lowest BCUT2D eigenvalue weighted by molar-refractivity contribution is -0.275. The Labute approximate surface area is 163 Å². The second kappa shape index (κ2) is 8.01. The van der Waals surface area contributed by atoms with Gasteiger partial charge in [0.2, 0.25) is 5.96 Å². The molecule has 156 valence electrons. The van der Waals surface area contributed by atoms with E-state index in [9.17, 15) is 26.4 Å². The molecule has 0 bridgehead atoms. The van der Waals surface area contributed by atoms with Gasteiger partial charge in [-0.3, -0.25) is 15.1 Å². The van der Waals surface area contributed by atoms with Gasteiger partial charge in [-0.05, 0) is 18.1 Å². The molecule has 0 spiro atoms. The summed E-state index contributed by atoms with van der Waals surface area (Å²) in [4.78, 5) is 11.6. The Morgan fingerprint density at radius 1 is 1.39 bits per heavy atom. The molecule has 0 saturated heterocycles. The number of hydrogen-bond acceptors (Lipinski definition) is 8. The number of rotatable bonds is 5. The first-order valence-corrected chi connectivity index (χ1v) is 9.79. The Morgan fingerprint density at radius 2 is 2.04 bits per heavy atom. The van der Waals surface area contributed by atoms with Crippen LogP contribution in [0.15, 0.2) is 22.1 Å². The van der Waals surface area contributed by atoms with Crippen LogP contribution in [0.1, 0.15) is 24.2 Å². The van der Waals surface area contributed by atoms with Crippen molar-refractivity contribution in [2.45, 2.75) is 25.1 Å². The zero-order valence-electron chi connectivity index (χ0n) is 14.9. The summed E-state index contributed by atoms with van der Waals surface area (Å²) in [5, 5.41) is 6.66. The molecule has 0 saturated carbocycles. The smallest absolute Gasteiger partial charge is 0.404 e. The number of hydrazone groups is 1. The minimum absolute atomic E-state index is 0.0308. The molecular weight excluding hydrogens is 427 g/mol. The van der Waals surface area contributed by atoms with Gasteiger partial charge in [-0.15, -0.1) is 23.8 Å². The van der Waals surface area contributed by atoms with Crippen LogP contribution in [0, 0.1) is 5.92 Å². The van der Waals surface area contributed by atoms with E-state index >= 15 is 0 Å². The summed E-state index contributed by atoms with van der Waals surface area (Å²) in [7, 11) is -2.78. The number of carbonyl (C=O) groups is 1. The number of carbonyl (C=O) groups excluding carboxylic acids is 1. The van der Waals surface area contributed by atoms with Crippen LogP contribution in [-0.4, -0.2) is 44.5 Å². The first-order valence-electron chi connectivity index (χ1n) is 7.76. The molecule has 0 atom stereocenters. The highest BCUT2D eigenvalue weighted by molar-refractivity contribution is 7.91. The molecule has 0 radical (unpaired) electrons. The molecule has 28 heavy (non-hydrogen) atoms. The maximum absolute atomic E-state index is 12.7. The van der Waals surface area contributed by atoms with E-state index in [1.807, 2.05) is 0 Å². The summed E-state index contributed by atoms with van der Waals surface area (Å²) in [6, 6.07) is 1.67. The Kier molecular flexibility index (Phi) is 6.31. The second-order valence-electron chi connectivity index (χ2n) is 6.15. The molecule has 0 aliphatic carbocycles. The lowest BCUT2D eigenvalue weighted by atomic mass is 10.2. The second-order valence-corrected chi connectivity index (χ2v) is 8.50. The van der Waals surface area contributed by atoms with Crippen molar-refractivity contribution in [1.29, 1.82) is 0 Å². The third kappa shape index (κ3) is 5.17. The first kappa shape index (κ1) is 22.0. The van der Waals surface area contributed by atoms with Gasteiger partial charge in [0, 0.05) is 7.05 Å². The Hall–Kier alpha value is -2.25. The summed E-state index contributed by atoms with van der Waals surface area (Å²) in [5.74, 6) is -2.75. The molecule has 0 unspecified atom stereocenters. The van der Waals surface area contributed by atoms with Gasteiger partial charge >= 0.3 is 6.36 Å². The Balaban J connectivity index is 2.52. The molecule has 0 aromatic heterocycles. The van der Waals surface area contributed by atoms with Crippen LogP contribution >= 0.6 is 11.6 Å². The summed E-state index contributed by atoms with van der Waals surface area (Å²) in [6.07, 6.45) is -5.15. The zero-order chi connectivity index (χ0) is 21.3. The SMILES string of the molecule is CC(C)CS(=O)(=O)c1c(OC(F)(F)F)ccc(C(=O)NC2=NNNN2C)c1Cl. The average Bonchev–Trinajstić information content (AvgIpc) is 2.89. The van der Waals surface area contributed by atoms with Crippen molar-refractivity contribution in [2.24, 2.45) is 11.0 Å². The van der Waals surface area contributed by atoms with E-state index in [2.05, 4.69) is 26.2 Å². The number of benzene rings is 1. The van der Waals surface area contributed by atoms with Crippen LogP contribution in [0.5, 0.6) is 5.75 Å². The predicted molar refractivity (Wildman–Crippen MR) is 94.0 cm³/mol. The molecular formula is C14H17ClF3N5O4S. The normalized spacial score (nSPS) is 14.7. The summed E-state index contributed by atoms with van der Waals surface area (Å²) in [5.41, 5.74) is 4.53. The van der Waals surface area contributed by atoms with E-state index in [1.54, 1.807) is 13.8 Å². The summed E-state index contributed by atoms with van der Waals surface area (Å²) >= 11 is 6.06. The van der Waals surface area contributed by atoms with Crippen LogP contribution in [-0.2, 0) is 9.84 Å². The van der Waals surface area contributed by atoms with Crippen LogP contribution in [0.2, 0.25) is 5.02 Å². The number of ether oxygens (including phenoxy) is 1. The monoisotopic (exact) mass is 443 g/mol. The molecule has 1 aromatic rings. The average molecular weight is 444 g/mol. The molecule has 1 aliphatic heterocycles. The van der Waals surface area contributed by atoms with Crippen molar-refractivity contribution >= 4 is 33.3 Å². The number of halogens is 4. The molecule has 14 heteroatoms. The first-order chi connectivity index (χ1) is 12.8. The molecule has 1 aliphatic rings. The van der Waals surface area contributed by atoms with Gasteiger partial charge in [-0.1, -0.05) is 25.4 Å². The molecule has 2 rings (SSSR count). The van der Waals surface area contributed by atoms with Gasteiger partial charge in [-0.25, -0.2) is 14.0 Å². The highest BCUT2D eigenvalue weighted by atomic mass is 35.5. The minimum Gasteiger partial charge on any atom is -0.404 e. The highest BCUT2D eigenvalue weighted by Gasteiger charge is 2.36. The number of nitrogens with zero attached hydrogens (tertiary/aromatic N) is 2. The minimum atomic E-state index is -5.15. The number of alkyl halides is 3. The standard InChI is InChI=1S/C14H17ClF3N5O4S/c1-7(2)6-28(25,26)11-9(27-14(16,17)18)5-4-8(10(11)15)12(24)19-13-20-21-22-23(13)3/h4-5,7,21-22H,6H2,1-3H3,(H,19,20,24). The number of hydrogen-bond donors (Lipinski definition) is 3. The Bertz CT molecular complexity index is 905. The van der Waals surface area contributed by atoms with Crippen molar-refractivity contribution in [1.82, 2.24) is 21.4 Å². The molecule has 1 aromatic carbocycles. The van der Waals surface area contributed by atoms with Crippen LogP contribution in [0.25, 0.3) is 0 Å². The zero-order valence-corrected chi connectivity index (χ0v) is 16.5. The predicted octanol–water partition coefficient (Wildman–Crippen LogP) is 1.62. The fourth-order valence-corrected chi connectivity index (χ4v) is 4.73. The molecule has 0 fully saturated rings. The van der Waals surface area contributed by atoms with Gasteiger partial charge in [-0.2, -0.15) is 0 Å². The summed E-state index contributed by atoms with van der Waals surface area (Å²) in [6.45, 7) is 3.14. The quantitative estimate of drug-likeness (QED) is 0.634. The van der Waals surface area contributed by atoms with E-state index < -0.39 is 49.4 Å². The topological polar surface area (TPSA) is 112 Å². The van der Waals surface area contributed by atoms with E-state index in [-0.39, 0.29) is 11.5 Å². The van der Waals surface area contributed by atoms with Gasteiger partial charge < -0.3 is 4.74 Å². The molecule has 1 amide bonds. The van der Waals surface area contributed by atoms with Gasteiger partial charge in [0.1, 0.15) is 10.6 Å². The largest absolute Gasteiger partial charge is 0.573 e. The number of nitrogens with one attached hydrogen (secondary N) is 3. The maximum atomic E-state index is 12.7. The van der Waals surface area contributed by atoms with Crippen molar-refractivity contribution in [3.63, 3.8) is 0 Å². The highest BCUT2D eigenvalue weighted by Crippen LogP contribution is 2.38. The third-order valence-corrected chi connectivity index (χ3v) is 5.96. The van der Waals surface area contributed by atoms with Crippen LogP contribution < -0.4 is 21.1 Å². The van der Waals surface area contributed by atoms with Gasteiger partial charge in [0.15, 0.2) is 9.84 Å². The maximum Gasteiger partial charge on any atom is 0.573 e.